The molecule has 0 aliphatic carbocycles. The van der Waals surface area contributed by atoms with E-state index in [0.717, 1.165) is 43.1 Å². The van der Waals surface area contributed by atoms with E-state index in [4.69, 9.17) is 21.5 Å². The molecule has 2 N–H and O–H groups in total. The van der Waals surface area contributed by atoms with E-state index in [9.17, 15) is 9.59 Å². The summed E-state index contributed by atoms with van der Waals surface area (Å²) in [4.78, 5) is 26.4. The standard InChI is InChI=1S/C23H23ClN2O4/c24-19-4-2-1-3-17(19)15-26-11-9-23(10-12-26)14-20(27)18-13-16(5-7-21(18)30-23)6-8-22(28)25-29/h1-8,13,29H,9-12,14-15H2,(H,25,28). The number of rotatable bonds is 4. The number of amides is 1. The van der Waals surface area contributed by atoms with Crippen molar-refractivity contribution in [2.45, 2.75) is 31.4 Å². The van der Waals surface area contributed by atoms with Crippen molar-refractivity contribution < 1.29 is 19.5 Å². The van der Waals surface area contributed by atoms with E-state index in [1.54, 1.807) is 18.2 Å². The molecule has 4 rings (SSSR count). The number of benzene rings is 2. The zero-order valence-electron chi connectivity index (χ0n) is 16.4. The number of piperidine rings is 1. The fourth-order valence-electron chi connectivity index (χ4n) is 4.09. The number of hydroxylamine groups is 1. The highest BCUT2D eigenvalue weighted by Gasteiger charge is 2.42. The summed E-state index contributed by atoms with van der Waals surface area (Å²) in [5, 5.41) is 9.34. The molecule has 2 aliphatic heterocycles. The number of carbonyl (C=O) groups is 2. The van der Waals surface area contributed by atoms with Crippen LogP contribution in [0.4, 0.5) is 0 Å². The van der Waals surface area contributed by atoms with Gasteiger partial charge in [0.25, 0.3) is 5.91 Å². The molecule has 6 nitrogen and oxygen atoms in total. The van der Waals surface area contributed by atoms with Gasteiger partial charge in [0.05, 0.1) is 12.0 Å². The number of fused-ring (bicyclic) bond motifs is 1. The highest BCUT2D eigenvalue weighted by atomic mass is 35.5. The second-order valence-electron chi connectivity index (χ2n) is 7.82. The van der Waals surface area contributed by atoms with Gasteiger partial charge in [0.2, 0.25) is 0 Å². The second kappa shape index (κ2) is 8.60. The average Bonchev–Trinajstić information content (AvgIpc) is 2.75. The molecule has 0 unspecified atom stereocenters. The van der Waals surface area contributed by atoms with Gasteiger partial charge in [-0.3, -0.25) is 19.7 Å². The number of likely N-dealkylation sites (tertiary alicyclic amines) is 1. The van der Waals surface area contributed by atoms with Crippen molar-refractivity contribution in [2.75, 3.05) is 13.1 Å². The highest BCUT2D eigenvalue weighted by molar-refractivity contribution is 6.31. The molecule has 2 heterocycles. The molecule has 2 aliphatic rings. The summed E-state index contributed by atoms with van der Waals surface area (Å²) < 4.78 is 6.34. The minimum atomic E-state index is -0.627. The summed E-state index contributed by atoms with van der Waals surface area (Å²) in [7, 11) is 0. The number of hydrogen-bond acceptors (Lipinski definition) is 5. The maximum atomic E-state index is 12.9. The van der Waals surface area contributed by atoms with E-state index in [2.05, 4.69) is 4.90 Å². The maximum Gasteiger partial charge on any atom is 0.267 e. The second-order valence-corrected chi connectivity index (χ2v) is 8.22. The minimum Gasteiger partial charge on any atom is -0.486 e. The Balaban J connectivity index is 1.43. The van der Waals surface area contributed by atoms with Gasteiger partial charge in [0.15, 0.2) is 5.78 Å². The normalized spacial score (nSPS) is 18.3. The first-order chi connectivity index (χ1) is 14.5. The lowest BCUT2D eigenvalue weighted by molar-refractivity contribution is -0.124. The van der Waals surface area contributed by atoms with Crippen LogP contribution in [0.2, 0.25) is 5.02 Å². The predicted molar refractivity (Wildman–Crippen MR) is 114 cm³/mol. The van der Waals surface area contributed by atoms with Crippen LogP contribution < -0.4 is 10.2 Å². The Labute approximate surface area is 180 Å². The SMILES string of the molecule is O=C(C=Cc1ccc2c(c1)C(=O)CC1(CCN(Cc3ccccc3Cl)CC1)O2)NO. The maximum absolute atomic E-state index is 12.9. The summed E-state index contributed by atoms with van der Waals surface area (Å²) in [5.74, 6) is 0.0185. The summed E-state index contributed by atoms with van der Waals surface area (Å²) in [6.07, 6.45) is 4.65. The largest absolute Gasteiger partial charge is 0.486 e. The lowest BCUT2D eigenvalue weighted by atomic mass is 9.82. The number of hydrogen-bond donors (Lipinski definition) is 2. The van der Waals surface area contributed by atoms with Gasteiger partial charge in [0, 0.05) is 43.6 Å². The molecular formula is C23H23ClN2O4. The molecule has 1 amide bonds. The fourth-order valence-corrected chi connectivity index (χ4v) is 4.29. The van der Waals surface area contributed by atoms with Gasteiger partial charge in [0.1, 0.15) is 11.4 Å². The number of halogens is 1. The number of ether oxygens (including phenoxy) is 1. The number of ketones is 1. The summed E-state index contributed by atoms with van der Waals surface area (Å²) in [6.45, 7) is 2.47. The van der Waals surface area contributed by atoms with Crippen molar-refractivity contribution in [1.29, 1.82) is 0 Å². The molecule has 0 bridgehead atoms. The van der Waals surface area contributed by atoms with Crippen molar-refractivity contribution in [3.05, 3.63) is 70.3 Å². The Hall–Kier alpha value is -2.67. The molecule has 0 aromatic heterocycles. The first-order valence-electron chi connectivity index (χ1n) is 9.92. The van der Waals surface area contributed by atoms with Crippen LogP contribution in [0, 0.1) is 0 Å². The van der Waals surface area contributed by atoms with E-state index in [-0.39, 0.29) is 5.78 Å². The highest BCUT2D eigenvalue weighted by Crippen LogP contribution is 2.40. The molecule has 1 spiro atoms. The third kappa shape index (κ3) is 4.41. The van der Waals surface area contributed by atoms with Gasteiger partial charge in [-0.2, -0.15) is 0 Å². The lowest BCUT2D eigenvalue weighted by Gasteiger charge is -2.44. The Bertz CT molecular complexity index is 996. The van der Waals surface area contributed by atoms with Crippen LogP contribution in [0.15, 0.2) is 48.5 Å². The molecule has 2 aromatic carbocycles. The molecule has 0 radical (unpaired) electrons. The van der Waals surface area contributed by atoms with Crippen LogP contribution in [0.5, 0.6) is 5.75 Å². The Kier molecular flexibility index (Phi) is 5.90. The van der Waals surface area contributed by atoms with Gasteiger partial charge in [-0.15, -0.1) is 0 Å². The van der Waals surface area contributed by atoms with Gasteiger partial charge >= 0.3 is 0 Å². The molecule has 2 aromatic rings. The van der Waals surface area contributed by atoms with E-state index >= 15 is 0 Å². The molecule has 0 atom stereocenters. The van der Waals surface area contributed by atoms with Crippen LogP contribution in [-0.2, 0) is 11.3 Å². The Morgan fingerprint density at radius 1 is 1.23 bits per heavy atom. The van der Waals surface area contributed by atoms with Gasteiger partial charge in [-0.1, -0.05) is 35.9 Å². The van der Waals surface area contributed by atoms with Crippen molar-refractivity contribution in [2.24, 2.45) is 0 Å². The van der Waals surface area contributed by atoms with Crippen LogP contribution in [0.25, 0.3) is 6.08 Å². The average molecular weight is 427 g/mol. The van der Waals surface area contributed by atoms with E-state index in [0.29, 0.717) is 23.3 Å². The Morgan fingerprint density at radius 2 is 2.00 bits per heavy atom. The Morgan fingerprint density at radius 3 is 2.73 bits per heavy atom. The number of nitrogens with one attached hydrogen (secondary N) is 1. The molecule has 7 heteroatoms. The van der Waals surface area contributed by atoms with Crippen molar-refractivity contribution in [1.82, 2.24) is 10.4 Å². The van der Waals surface area contributed by atoms with Gasteiger partial charge in [-0.05, 0) is 35.4 Å². The monoisotopic (exact) mass is 426 g/mol. The summed E-state index contributed by atoms with van der Waals surface area (Å²) in [5.41, 5.74) is 3.41. The zero-order valence-corrected chi connectivity index (χ0v) is 17.2. The van der Waals surface area contributed by atoms with E-state index < -0.39 is 11.5 Å². The van der Waals surface area contributed by atoms with Crippen LogP contribution in [0.1, 0.15) is 40.7 Å². The minimum absolute atomic E-state index is 0.0534. The van der Waals surface area contributed by atoms with Crippen LogP contribution in [-0.4, -0.2) is 40.5 Å². The molecule has 1 fully saturated rings. The fraction of sp³-hybridized carbons (Fsp3) is 0.304. The number of Topliss-reactive ketones (excluding diaryl/α,β-unsaturated/α-hetero) is 1. The van der Waals surface area contributed by atoms with Crippen molar-refractivity contribution >= 4 is 29.4 Å². The van der Waals surface area contributed by atoms with Crippen LogP contribution in [0.3, 0.4) is 0 Å². The van der Waals surface area contributed by atoms with Gasteiger partial charge in [-0.25, -0.2) is 5.48 Å². The smallest absolute Gasteiger partial charge is 0.267 e. The summed E-state index contributed by atoms with van der Waals surface area (Å²) in [6, 6.07) is 13.2. The summed E-state index contributed by atoms with van der Waals surface area (Å²) >= 11 is 6.29. The van der Waals surface area contributed by atoms with E-state index in [1.807, 2.05) is 24.3 Å². The van der Waals surface area contributed by atoms with Crippen LogP contribution >= 0.6 is 11.6 Å². The first-order valence-corrected chi connectivity index (χ1v) is 10.3. The first kappa shape index (κ1) is 20.6. The molecular weight excluding hydrogens is 404 g/mol. The predicted octanol–water partition coefficient (Wildman–Crippen LogP) is 3.86. The van der Waals surface area contributed by atoms with Crippen molar-refractivity contribution in [3.63, 3.8) is 0 Å². The number of nitrogens with zero attached hydrogens (tertiary/aromatic N) is 1. The van der Waals surface area contributed by atoms with Gasteiger partial charge < -0.3 is 4.74 Å². The molecule has 1 saturated heterocycles. The lowest BCUT2D eigenvalue weighted by Crippen LogP contribution is -2.50. The number of carbonyl (C=O) groups excluding carboxylic acids is 2. The molecule has 156 valence electrons. The quantitative estimate of drug-likeness (QED) is 0.441. The third-order valence-corrected chi connectivity index (χ3v) is 6.14. The third-order valence-electron chi connectivity index (χ3n) is 5.77. The van der Waals surface area contributed by atoms with E-state index in [1.165, 1.54) is 17.6 Å². The topological polar surface area (TPSA) is 78.9 Å². The molecule has 0 saturated carbocycles. The zero-order chi connectivity index (χ0) is 21.1. The van der Waals surface area contributed by atoms with Crippen molar-refractivity contribution in [3.8, 4) is 5.75 Å². The molecule has 30 heavy (non-hydrogen) atoms.